The van der Waals surface area contributed by atoms with Crippen LogP contribution in [0.25, 0.3) is 0 Å². The van der Waals surface area contributed by atoms with Crippen LogP contribution in [0.15, 0.2) is 34.7 Å². The second-order valence-corrected chi connectivity index (χ2v) is 6.32. The first-order chi connectivity index (χ1) is 8.99. The topological polar surface area (TPSA) is 58.2 Å². The van der Waals surface area contributed by atoms with E-state index in [0.29, 0.717) is 5.56 Å². The van der Waals surface area contributed by atoms with Crippen LogP contribution in [-0.2, 0) is 10.0 Å². The SMILES string of the molecule is Cc1ccc(S(=O)(=O)NCC2=CCNCC2)cc1F. The Balaban J connectivity index is 2.09. The first-order valence-corrected chi connectivity index (χ1v) is 7.62. The number of hydrogen-bond donors (Lipinski definition) is 2. The smallest absolute Gasteiger partial charge is 0.240 e. The lowest BCUT2D eigenvalue weighted by molar-refractivity contribution is 0.577. The van der Waals surface area contributed by atoms with Crippen LogP contribution in [0.5, 0.6) is 0 Å². The van der Waals surface area contributed by atoms with Crippen LogP contribution < -0.4 is 10.0 Å². The molecule has 1 aliphatic rings. The summed E-state index contributed by atoms with van der Waals surface area (Å²) in [6, 6.07) is 3.93. The molecule has 104 valence electrons. The van der Waals surface area contributed by atoms with Crippen LogP contribution in [0, 0.1) is 12.7 Å². The third kappa shape index (κ3) is 3.62. The van der Waals surface area contributed by atoms with Gasteiger partial charge in [-0.05, 0) is 37.6 Å². The van der Waals surface area contributed by atoms with Crippen molar-refractivity contribution in [3.63, 3.8) is 0 Å². The highest BCUT2D eigenvalue weighted by Gasteiger charge is 2.16. The highest BCUT2D eigenvalue weighted by atomic mass is 32.2. The van der Waals surface area contributed by atoms with Crippen molar-refractivity contribution in [2.75, 3.05) is 19.6 Å². The highest BCUT2D eigenvalue weighted by molar-refractivity contribution is 7.89. The molecule has 1 aromatic rings. The molecule has 1 aromatic carbocycles. The number of hydrogen-bond acceptors (Lipinski definition) is 3. The van der Waals surface area contributed by atoms with E-state index >= 15 is 0 Å². The second kappa shape index (κ2) is 5.81. The predicted octanol–water partition coefficient (Wildman–Crippen LogP) is 1.33. The van der Waals surface area contributed by atoms with Gasteiger partial charge in [0, 0.05) is 13.1 Å². The van der Waals surface area contributed by atoms with Crippen LogP contribution in [0.3, 0.4) is 0 Å². The molecule has 6 heteroatoms. The lowest BCUT2D eigenvalue weighted by Gasteiger charge is -2.14. The molecule has 1 aliphatic heterocycles. The van der Waals surface area contributed by atoms with Gasteiger partial charge in [-0.2, -0.15) is 0 Å². The Hall–Kier alpha value is -1.24. The Labute approximate surface area is 112 Å². The van der Waals surface area contributed by atoms with Crippen LogP contribution in [0.2, 0.25) is 0 Å². The average molecular weight is 284 g/mol. The van der Waals surface area contributed by atoms with Gasteiger partial charge in [-0.1, -0.05) is 17.7 Å². The van der Waals surface area contributed by atoms with Gasteiger partial charge in [0.2, 0.25) is 10.0 Å². The molecule has 19 heavy (non-hydrogen) atoms. The number of benzene rings is 1. The van der Waals surface area contributed by atoms with Crippen molar-refractivity contribution >= 4 is 10.0 Å². The minimum Gasteiger partial charge on any atom is -0.313 e. The molecule has 0 saturated heterocycles. The van der Waals surface area contributed by atoms with E-state index in [1.807, 2.05) is 6.08 Å². The van der Waals surface area contributed by atoms with Crippen molar-refractivity contribution in [3.05, 3.63) is 41.2 Å². The molecule has 0 radical (unpaired) electrons. The summed E-state index contributed by atoms with van der Waals surface area (Å²) in [5.74, 6) is -0.510. The molecule has 0 atom stereocenters. The van der Waals surface area contributed by atoms with Gasteiger partial charge in [-0.15, -0.1) is 0 Å². The Bertz CT molecular complexity index is 597. The van der Waals surface area contributed by atoms with Crippen molar-refractivity contribution in [3.8, 4) is 0 Å². The normalized spacial score (nSPS) is 16.2. The first-order valence-electron chi connectivity index (χ1n) is 6.13. The summed E-state index contributed by atoms with van der Waals surface area (Å²) in [4.78, 5) is -0.0369. The molecule has 0 spiro atoms. The summed E-state index contributed by atoms with van der Waals surface area (Å²) in [5, 5.41) is 3.15. The summed E-state index contributed by atoms with van der Waals surface area (Å²) >= 11 is 0. The molecular formula is C13H17FN2O2S. The van der Waals surface area contributed by atoms with E-state index in [1.165, 1.54) is 12.1 Å². The van der Waals surface area contributed by atoms with Gasteiger partial charge in [0.25, 0.3) is 0 Å². The van der Waals surface area contributed by atoms with Gasteiger partial charge in [0.05, 0.1) is 4.90 Å². The van der Waals surface area contributed by atoms with Crippen LogP contribution >= 0.6 is 0 Å². The maximum Gasteiger partial charge on any atom is 0.240 e. The summed E-state index contributed by atoms with van der Waals surface area (Å²) in [5.41, 5.74) is 1.48. The quantitative estimate of drug-likeness (QED) is 0.820. The average Bonchev–Trinajstić information content (AvgIpc) is 2.41. The van der Waals surface area contributed by atoms with Gasteiger partial charge in [0.1, 0.15) is 5.82 Å². The Morgan fingerprint density at radius 3 is 2.84 bits per heavy atom. The molecule has 4 nitrogen and oxygen atoms in total. The van der Waals surface area contributed by atoms with E-state index in [9.17, 15) is 12.8 Å². The number of halogens is 1. The predicted molar refractivity (Wildman–Crippen MR) is 71.9 cm³/mol. The highest BCUT2D eigenvalue weighted by Crippen LogP contribution is 2.14. The van der Waals surface area contributed by atoms with Crippen molar-refractivity contribution in [1.29, 1.82) is 0 Å². The Morgan fingerprint density at radius 2 is 2.21 bits per heavy atom. The lowest BCUT2D eigenvalue weighted by Crippen LogP contribution is -2.29. The van der Waals surface area contributed by atoms with Gasteiger partial charge < -0.3 is 5.32 Å². The van der Waals surface area contributed by atoms with Crippen LogP contribution in [-0.4, -0.2) is 28.1 Å². The van der Waals surface area contributed by atoms with E-state index < -0.39 is 15.8 Å². The van der Waals surface area contributed by atoms with Crippen molar-refractivity contribution in [2.45, 2.75) is 18.2 Å². The zero-order chi connectivity index (χ0) is 13.9. The summed E-state index contributed by atoms with van der Waals surface area (Å²) in [6.45, 7) is 3.49. The molecule has 0 amide bonds. The fourth-order valence-corrected chi connectivity index (χ4v) is 2.89. The molecule has 0 bridgehead atoms. The number of rotatable bonds is 4. The van der Waals surface area contributed by atoms with E-state index in [0.717, 1.165) is 31.1 Å². The van der Waals surface area contributed by atoms with E-state index in [2.05, 4.69) is 10.0 Å². The Kier molecular flexibility index (Phi) is 4.34. The maximum atomic E-state index is 13.4. The van der Waals surface area contributed by atoms with E-state index in [1.54, 1.807) is 6.92 Å². The molecule has 0 aromatic heterocycles. The number of nitrogens with one attached hydrogen (secondary N) is 2. The number of sulfonamides is 1. The monoisotopic (exact) mass is 284 g/mol. The summed E-state index contributed by atoms with van der Waals surface area (Å²) in [6.07, 6.45) is 2.80. The third-order valence-electron chi connectivity index (χ3n) is 3.10. The van der Waals surface area contributed by atoms with E-state index in [4.69, 9.17) is 0 Å². The Morgan fingerprint density at radius 1 is 1.42 bits per heavy atom. The lowest BCUT2D eigenvalue weighted by atomic mass is 10.1. The molecule has 0 aliphatic carbocycles. The first kappa shape index (κ1) is 14.2. The van der Waals surface area contributed by atoms with Crippen molar-refractivity contribution in [1.82, 2.24) is 10.0 Å². The summed E-state index contributed by atoms with van der Waals surface area (Å²) in [7, 11) is -3.65. The maximum absolute atomic E-state index is 13.4. The van der Waals surface area contributed by atoms with Gasteiger partial charge in [-0.3, -0.25) is 0 Å². The molecule has 0 fully saturated rings. The zero-order valence-electron chi connectivity index (χ0n) is 10.7. The van der Waals surface area contributed by atoms with Gasteiger partial charge in [-0.25, -0.2) is 17.5 Å². The fourth-order valence-electron chi connectivity index (χ4n) is 1.84. The molecular weight excluding hydrogens is 267 g/mol. The minimum atomic E-state index is -3.65. The van der Waals surface area contributed by atoms with Gasteiger partial charge >= 0.3 is 0 Å². The zero-order valence-corrected chi connectivity index (χ0v) is 11.6. The molecule has 2 N–H and O–H groups in total. The molecule has 2 rings (SSSR count). The van der Waals surface area contributed by atoms with Gasteiger partial charge in [0.15, 0.2) is 0 Å². The fraction of sp³-hybridized carbons (Fsp3) is 0.385. The molecule has 0 unspecified atom stereocenters. The second-order valence-electron chi connectivity index (χ2n) is 4.55. The van der Waals surface area contributed by atoms with Crippen molar-refractivity contribution in [2.24, 2.45) is 0 Å². The van der Waals surface area contributed by atoms with E-state index in [-0.39, 0.29) is 11.4 Å². The molecule has 0 saturated carbocycles. The third-order valence-corrected chi connectivity index (χ3v) is 4.50. The number of aryl methyl sites for hydroxylation is 1. The van der Waals surface area contributed by atoms with Crippen molar-refractivity contribution < 1.29 is 12.8 Å². The summed E-state index contributed by atoms with van der Waals surface area (Å²) < 4.78 is 39.9. The van der Waals surface area contributed by atoms with Crippen LogP contribution in [0.1, 0.15) is 12.0 Å². The molecule has 1 heterocycles. The largest absolute Gasteiger partial charge is 0.313 e. The standard InChI is InChI=1S/C13H17FN2O2S/c1-10-2-3-12(8-13(10)14)19(17,18)16-9-11-4-6-15-7-5-11/h2-4,8,15-16H,5-7,9H2,1H3. The van der Waals surface area contributed by atoms with Crippen LogP contribution in [0.4, 0.5) is 4.39 Å². The minimum absolute atomic E-state index is 0.0369.